The number of ether oxygens (including phenoxy) is 1. The normalized spacial score (nSPS) is 11.1. The molecule has 0 aliphatic rings. The molecule has 0 fully saturated rings. The van der Waals surface area contributed by atoms with Crippen LogP contribution in [-0.4, -0.2) is 46.1 Å². The maximum Gasteiger partial charge on any atom is 0.166 e. The quantitative estimate of drug-likeness (QED) is 0.449. The van der Waals surface area contributed by atoms with Crippen LogP contribution in [0.5, 0.6) is 0 Å². The van der Waals surface area contributed by atoms with E-state index in [1.165, 1.54) is 0 Å². The van der Waals surface area contributed by atoms with Crippen molar-refractivity contribution in [3.05, 3.63) is 72.4 Å². The Morgan fingerprint density at radius 2 is 1.66 bits per heavy atom. The van der Waals surface area contributed by atoms with Gasteiger partial charge in [0, 0.05) is 23.7 Å². The van der Waals surface area contributed by atoms with Gasteiger partial charge >= 0.3 is 0 Å². The van der Waals surface area contributed by atoms with Crippen molar-refractivity contribution in [2.45, 2.75) is 6.92 Å². The van der Waals surface area contributed by atoms with Gasteiger partial charge in [0.05, 0.1) is 31.2 Å². The van der Waals surface area contributed by atoms with E-state index in [-0.39, 0.29) is 6.61 Å². The van der Waals surface area contributed by atoms with Gasteiger partial charge in [-0.3, -0.25) is 0 Å². The van der Waals surface area contributed by atoms with Crippen LogP contribution < -0.4 is 5.32 Å². The summed E-state index contributed by atoms with van der Waals surface area (Å²) in [4.78, 5) is 4.96. The van der Waals surface area contributed by atoms with Crippen LogP contribution in [0.15, 0.2) is 66.7 Å². The Morgan fingerprint density at radius 1 is 0.966 bits per heavy atom. The first-order valence-electron chi connectivity index (χ1n) is 9.71. The molecule has 0 unspecified atom stereocenters. The summed E-state index contributed by atoms with van der Waals surface area (Å²) in [6.45, 7) is 3.47. The molecule has 2 aromatic heterocycles. The molecule has 6 heteroatoms. The second-order valence-corrected chi connectivity index (χ2v) is 6.72. The van der Waals surface area contributed by atoms with Crippen molar-refractivity contribution in [3.63, 3.8) is 0 Å². The van der Waals surface area contributed by atoms with Crippen molar-refractivity contribution < 1.29 is 9.84 Å². The largest absolute Gasteiger partial charge is 0.394 e. The topological polar surface area (TPSA) is 71.7 Å². The predicted octanol–water partition coefficient (Wildman–Crippen LogP) is 3.79. The predicted molar refractivity (Wildman–Crippen MR) is 115 cm³/mol. The molecule has 0 saturated heterocycles. The number of aromatic nitrogens is 3. The number of hydrogen-bond acceptors (Lipinski definition) is 5. The molecule has 148 valence electrons. The highest BCUT2D eigenvalue weighted by atomic mass is 16.5. The summed E-state index contributed by atoms with van der Waals surface area (Å²) in [5, 5.41) is 17.0. The molecule has 0 radical (unpaired) electrons. The fourth-order valence-electron chi connectivity index (χ4n) is 3.37. The highest BCUT2D eigenvalue weighted by Gasteiger charge is 2.17. The molecule has 4 aromatic rings. The lowest BCUT2D eigenvalue weighted by Gasteiger charge is -2.11. The summed E-state index contributed by atoms with van der Waals surface area (Å²) < 4.78 is 7.23. The van der Waals surface area contributed by atoms with Crippen molar-refractivity contribution in [1.82, 2.24) is 14.6 Å². The first-order chi connectivity index (χ1) is 14.3. The van der Waals surface area contributed by atoms with Gasteiger partial charge in [-0.25, -0.2) is 4.98 Å². The van der Waals surface area contributed by atoms with Crippen LogP contribution in [-0.2, 0) is 4.74 Å². The molecular formula is C23H24N4O2. The molecule has 2 N–H and O–H groups in total. The fourth-order valence-corrected chi connectivity index (χ4v) is 3.37. The van der Waals surface area contributed by atoms with Gasteiger partial charge in [-0.1, -0.05) is 60.7 Å². The molecule has 29 heavy (non-hydrogen) atoms. The van der Waals surface area contributed by atoms with Gasteiger partial charge in [-0.2, -0.15) is 9.61 Å². The van der Waals surface area contributed by atoms with Crippen LogP contribution in [0, 0.1) is 6.92 Å². The third-order valence-corrected chi connectivity index (χ3v) is 4.68. The van der Waals surface area contributed by atoms with Crippen LogP contribution in [0.2, 0.25) is 0 Å². The van der Waals surface area contributed by atoms with E-state index in [1.54, 1.807) is 0 Å². The molecule has 2 aromatic carbocycles. The summed E-state index contributed by atoms with van der Waals surface area (Å²) in [7, 11) is 0. The maximum absolute atomic E-state index is 8.86. The van der Waals surface area contributed by atoms with Gasteiger partial charge in [-0.15, -0.1) is 0 Å². The standard InChI is InChI=1S/C23H24N4O2/c1-17-22(19-10-6-3-7-11-19)23-25-20(18-8-4-2-5-9-18)16-21(27(23)26-17)24-12-14-29-15-13-28/h2-11,16,24,28H,12-15H2,1H3. The first-order valence-corrected chi connectivity index (χ1v) is 9.71. The summed E-state index contributed by atoms with van der Waals surface area (Å²) in [6, 6.07) is 22.4. The van der Waals surface area contributed by atoms with Crippen LogP contribution in [0.3, 0.4) is 0 Å². The number of anilines is 1. The van der Waals surface area contributed by atoms with Crippen LogP contribution in [0.1, 0.15) is 5.69 Å². The smallest absolute Gasteiger partial charge is 0.166 e. The average molecular weight is 388 g/mol. The number of nitrogens with one attached hydrogen (secondary N) is 1. The van der Waals surface area contributed by atoms with Crippen molar-refractivity contribution in [1.29, 1.82) is 0 Å². The van der Waals surface area contributed by atoms with E-state index in [9.17, 15) is 0 Å². The van der Waals surface area contributed by atoms with E-state index >= 15 is 0 Å². The summed E-state index contributed by atoms with van der Waals surface area (Å²) >= 11 is 0. The zero-order valence-corrected chi connectivity index (χ0v) is 16.4. The molecule has 0 amide bonds. The number of aliphatic hydroxyl groups is 1. The first kappa shape index (κ1) is 19.1. The molecule has 2 heterocycles. The van der Waals surface area contributed by atoms with Crippen LogP contribution in [0.25, 0.3) is 28.0 Å². The second kappa shape index (κ2) is 8.86. The van der Waals surface area contributed by atoms with E-state index in [4.69, 9.17) is 19.9 Å². The summed E-state index contributed by atoms with van der Waals surface area (Å²) in [6.07, 6.45) is 0. The number of benzene rings is 2. The monoisotopic (exact) mass is 388 g/mol. The minimum Gasteiger partial charge on any atom is -0.394 e. The molecule has 0 spiro atoms. The number of nitrogens with zero attached hydrogens (tertiary/aromatic N) is 3. The van der Waals surface area contributed by atoms with Crippen molar-refractivity contribution in [2.75, 3.05) is 31.7 Å². The van der Waals surface area contributed by atoms with Crippen molar-refractivity contribution >= 4 is 11.5 Å². The molecule has 0 bridgehead atoms. The van der Waals surface area contributed by atoms with Gasteiger partial charge in [0.15, 0.2) is 5.65 Å². The van der Waals surface area contributed by atoms with Crippen LogP contribution in [0.4, 0.5) is 5.82 Å². The number of fused-ring (bicyclic) bond motifs is 1. The highest BCUT2D eigenvalue weighted by Crippen LogP contribution is 2.31. The Kier molecular flexibility index (Phi) is 5.84. The maximum atomic E-state index is 8.86. The molecule has 0 atom stereocenters. The van der Waals surface area contributed by atoms with Gasteiger partial charge in [0.1, 0.15) is 5.82 Å². The second-order valence-electron chi connectivity index (χ2n) is 6.72. The minimum atomic E-state index is 0.0243. The molecule has 4 rings (SSSR count). The van der Waals surface area contributed by atoms with E-state index in [2.05, 4.69) is 29.6 Å². The number of rotatable bonds is 8. The van der Waals surface area contributed by atoms with Gasteiger partial charge in [0.2, 0.25) is 0 Å². The average Bonchev–Trinajstić information content (AvgIpc) is 3.10. The Hall–Kier alpha value is -3.22. The Morgan fingerprint density at radius 3 is 2.34 bits per heavy atom. The SMILES string of the molecule is Cc1nn2c(NCCOCCO)cc(-c3ccccc3)nc2c1-c1ccccc1. The number of aliphatic hydroxyl groups excluding tert-OH is 1. The lowest BCUT2D eigenvalue weighted by atomic mass is 10.1. The Labute approximate surface area is 169 Å². The number of aryl methyl sites for hydroxylation is 1. The van der Waals surface area contributed by atoms with Gasteiger partial charge in [-0.05, 0) is 12.5 Å². The zero-order valence-electron chi connectivity index (χ0n) is 16.4. The van der Waals surface area contributed by atoms with Gasteiger partial charge in [0.25, 0.3) is 0 Å². The molecule has 0 aliphatic heterocycles. The summed E-state index contributed by atoms with van der Waals surface area (Å²) in [5.41, 5.74) is 5.79. The molecule has 0 saturated carbocycles. The molecular weight excluding hydrogens is 364 g/mol. The van der Waals surface area contributed by atoms with E-state index in [0.29, 0.717) is 19.8 Å². The lowest BCUT2D eigenvalue weighted by molar-refractivity contribution is 0.0991. The van der Waals surface area contributed by atoms with Crippen molar-refractivity contribution in [2.24, 2.45) is 0 Å². The third-order valence-electron chi connectivity index (χ3n) is 4.68. The zero-order chi connectivity index (χ0) is 20.1. The molecule has 0 aliphatic carbocycles. The van der Waals surface area contributed by atoms with E-state index < -0.39 is 0 Å². The lowest BCUT2D eigenvalue weighted by Crippen LogP contribution is -2.14. The third kappa shape index (κ3) is 4.13. The van der Waals surface area contributed by atoms with Crippen LogP contribution >= 0.6 is 0 Å². The highest BCUT2D eigenvalue weighted by molar-refractivity contribution is 5.82. The summed E-state index contributed by atoms with van der Waals surface area (Å²) in [5.74, 6) is 0.853. The van der Waals surface area contributed by atoms with E-state index in [0.717, 1.165) is 39.5 Å². The van der Waals surface area contributed by atoms with E-state index in [1.807, 2.05) is 53.9 Å². The van der Waals surface area contributed by atoms with Crippen molar-refractivity contribution in [3.8, 4) is 22.4 Å². The number of hydrogen-bond donors (Lipinski definition) is 2. The Balaban J connectivity index is 1.80. The van der Waals surface area contributed by atoms with Gasteiger partial charge < -0.3 is 15.2 Å². The fraction of sp³-hybridized carbons (Fsp3) is 0.217. The Bertz CT molecular complexity index is 1080. The minimum absolute atomic E-state index is 0.0243. The molecule has 6 nitrogen and oxygen atoms in total.